The highest BCUT2D eigenvalue weighted by Crippen LogP contribution is 2.29. The van der Waals surface area contributed by atoms with E-state index < -0.39 is 0 Å². The number of nitrogens with one attached hydrogen (secondary N) is 3. The highest BCUT2D eigenvalue weighted by molar-refractivity contribution is 5.80. The molecular formula is C17H31N5. The fourth-order valence-electron chi connectivity index (χ4n) is 3.80. The molecule has 3 rings (SSSR count). The number of nitrogens with two attached hydrogens (primary N) is 1. The third-order valence-corrected chi connectivity index (χ3v) is 5.05. The van der Waals surface area contributed by atoms with Crippen molar-refractivity contribution < 1.29 is 0 Å². The fraction of sp³-hybridized carbons (Fsp3) is 0.824. The molecule has 22 heavy (non-hydrogen) atoms. The molecule has 1 saturated heterocycles. The van der Waals surface area contributed by atoms with Gasteiger partial charge in [-0.2, -0.15) is 0 Å². The Kier molecular flexibility index (Phi) is 4.97. The Hall–Kier alpha value is -0.750. The standard InChI is InChI=1S/C17H31N5/c1-17(2,18)11-21-16-14-5-8-20-10-13(14)9-15(22-16)12-3-6-19-7-4-12/h9-10,12,14-16,19,21-22H,3-8,11,18H2,1-2H3. The summed E-state index contributed by atoms with van der Waals surface area (Å²) in [4.78, 5) is 4.50. The summed E-state index contributed by atoms with van der Waals surface area (Å²) in [5.74, 6) is 1.25. The van der Waals surface area contributed by atoms with Crippen molar-refractivity contribution in [1.82, 2.24) is 16.0 Å². The van der Waals surface area contributed by atoms with Crippen molar-refractivity contribution in [3.63, 3.8) is 0 Å². The SMILES string of the molecule is CC(C)(N)CNC1NC(C2CCNCC2)C=C2C=NCCC21. The monoisotopic (exact) mass is 305 g/mol. The molecule has 0 spiro atoms. The Morgan fingerprint density at radius 1 is 1.32 bits per heavy atom. The summed E-state index contributed by atoms with van der Waals surface area (Å²) in [5, 5.41) is 11.0. The van der Waals surface area contributed by atoms with Crippen molar-refractivity contribution in [2.45, 2.75) is 50.9 Å². The predicted molar refractivity (Wildman–Crippen MR) is 92.1 cm³/mol. The highest BCUT2D eigenvalue weighted by atomic mass is 15.2. The Labute approximate surface area is 134 Å². The minimum absolute atomic E-state index is 0.185. The second-order valence-electron chi connectivity index (χ2n) is 7.72. The average molecular weight is 305 g/mol. The summed E-state index contributed by atoms with van der Waals surface area (Å²) in [7, 11) is 0. The van der Waals surface area contributed by atoms with Gasteiger partial charge in [-0.3, -0.25) is 15.6 Å². The molecule has 3 unspecified atom stereocenters. The summed E-state index contributed by atoms with van der Waals surface area (Å²) in [6.45, 7) is 8.18. The molecule has 3 heterocycles. The van der Waals surface area contributed by atoms with Crippen molar-refractivity contribution in [1.29, 1.82) is 0 Å². The Bertz CT molecular complexity index is 431. The molecule has 3 aliphatic rings. The van der Waals surface area contributed by atoms with Crippen molar-refractivity contribution in [2.24, 2.45) is 22.6 Å². The van der Waals surface area contributed by atoms with E-state index in [1.807, 2.05) is 0 Å². The molecule has 0 aromatic heterocycles. The topological polar surface area (TPSA) is 74.5 Å². The molecule has 0 amide bonds. The normalized spacial score (nSPS) is 33.4. The summed E-state index contributed by atoms with van der Waals surface area (Å²) in [6, 6.07) is 0.455. The first kappa shape index (κ1) is 16.1. The summed E-state index contributed by atoms with van der Waals surface area (Å²) >= 11 is 0. The van der Waals surface area contributed by atoms with Gasteiger partial charge in [0.15, 0.2) is 0 Å². The molecule has 5 heteroatoms. The molecule has 1 fully saturated rings. The Morgan fingerprint density at radius 3 is 2.82 bits per heavy atom. The molecule has 3 aliphatic heterocycles. The van der Waals surface area contributed by atoms with Crippen LogP contribution in [0.4, 0.5) is 0 Å². The first-order valence-corrected chi connectivity index (χ1v) is 8.73. The number of hydrogen-bond acceptors (Lipinski definition) is 5. The summed E-state index contributed by atoms with van der Waals surface area (Å²) in [6.07, 6.45) is 8.48. The van der Waals surface area contributed by atoms with Crippen LogP contribution in [0.25, 0.3) is 0 Å². The first-order chi connectivity index (χ1) is 10.5. The molecular weight excluding hydrogens is 274 g/mol. The first-order valence-electron chi connectivity index (χ1n) is 8.73. The molecule has 0 aromatic rings. The maximum atomic E-state index is 6.16. The number of nitrogens with zero attached hydrogens (tertiary/aromatic N) is 1. The van der Waals surface area contributed by atoms with Gasteiger partial charge in [0.25, 0.3) is 0 Å². The van der Waals surface area contributed by atoms with E-state index in [-0.39, 0.29) is 5.54 Å². The van der Waals surface area contributed by atoms with Gasteiger partial charge in [0.05, 0.1) is 6.17 Å². The minimum Gasteiger partial charge on any atom is -0.324 e. The van der Waals surface area contributed by atoms with Gasteiger partial charge in [-0.1, -0.05) is 6.08 Å². The lowest BCUT2D eigenvalue weighted by molar-refractivity contribution is 0.220. The second-order valence-corrected chi connectivity index (χ2v) is 7.72. The van der Waals surface area contributed by atoms with Crippen molar-refractivity contribution in [3.05, 3.63) is 11.6 Å². The molecule has 3 atom stereocenters. The van der Waals surface area contributed by atoms with Gasteiger partial charge >= 0.3 is 0 Å². The molecule has 0 aromatic carbocycles. The van der Waals surface area contributed by atoms with E-state index in [0.717, 1.165) is 38.5 Å². The minimum atomic E-state index is -0.185. The molecule has 0 radical (unpaired) electrons. The second kappa shape index (κ2) is 6.79. The summed E-state index contributed by atoms with van der Waals surface area (Å²) in [5.41, 5.74) is 7.39. The van der Waals surface area contributed by atoms with E-state index in [1.54, 1.807) is 0 Å². The van der Waals surface area contributed by atoms with Crippen LogP contribution in [0.15, 0.2) is 16.6 Å². The van der Waals surface area contributed by atoms with Gasteiger partial charge in [-0.15, -0.1) is 0 Å². The van der Waals surface area contributed by atoms with E-state index in [0.29, 0.717) is 18.1 Å². The van der Waals surface area contributed by atoms with Gasteiger partial charge in [-0.25, -0.2) is 0 Å². The van der Waals surface area contributed by atoms with Crippen LogP contribution < -0.4 is 21.7 Å². The molecule has 0 saturated carbocycles. The lowest BCUT2D eigenvalue weighted by atomic mass is 9.80. The number of aliphatic imine (C=N–C) groups is 1. The smallest absolute Gasteiger partial charge is 0.0648 e. The number of hydrogen-bond donors (Lipinski definition) is 4. The van der Waals surface area contributed by atoms with Crippen LogP contribution in [0.1, 0.15) is 33.1 Å². The van der Waals surface area contributed by atoms with E-state index in [9.17, 15) is 0 Å². The molecule has 0 aliphatic carbocycles. The van der Waals surface area contributed by atoms with Gasteiger partial charge < -0.3 is 11.1 Å². The zero-order valence-corrected chi connectivity index (χ0v) is 13.9. The van der Waals surface area contributed by atoms with Crippen LogP contribution >= 0.6 is 0 Å². The third-order valence-electron chi connectivity index (χ3n) is 5.05. The van der Waals surface area contributed by atoms with Gasteiger partial charge in [0, 0.05) is 36.8 Å². The van der Waals surface area contributed by atoms with E-state index in [2.05, 4.69) is 47.1 Å². The van der Waals surface area contributed by atoms with Crippen LogP contribution in [0.2, 0.25) is 0 Å². The van der Waals surface area contributed by atoms with Gasteiger partial charge in [0.2, 0.25) is 0 Å². The summed E-state index contributed by atoms with van der Waals surface area (Å²) < 4.78 is 0. The lowest BCUT2D eigenvalue weighted by Gasteiger charge is -2.42. The van der Waals surface area contributed by atoms with Gasteiger partial charge in [0.1, 0.15) is 0 Å². The maximum Gasteiger partial charge on any atom is 0.0648 e. The van der Waals surface area contributed by atoms with Crippen LogP contribution in [0.3, 0.4) is 0 Å². The van der Waals surface area contributed by atoms with E-state index in [1.165, 1.54) is 18.4 Å². The molecule has 124 valence electrons. The van der Waals surface area contributed by atoms with E-state index in [4.69, 9.17) is 5.73 Å². The van der Waals surface area contributed by atoms with Crippen LogP contribution in [-0.2, 0) is 0 Å². The molecule has 5 nitrogen and oxygen atoms in total. The molecule has 5 N–H and O–H groups in total. The zero-order valence-electron chi connectivity index (χ0n) is 13.9. The quantitative estimate of drug-likeness (QED) is 0.614. The number of fused-ring (bicyclic) bond motifs is 1. The predicted octanol–water partition coefficient (Wildman–Crippen LogP) is 0.628. The van der Waals surface area contributed by atoms with Crippen molar-refractivity contribution >= 4 is 6.21 Å². The highest BCUT2D eigenvalue weighted by Gasteiger charge is 2.35. The Balaban J connectivity index is 1.72. The van der Waals surface area contributed by atoms with Crippen molar-refractivity contribution in [3.8, 4) is 0 Å². The van der Waals surface area contributed by atoms with Crippen molar-refractivity contribution in [2.75, 3.05) is 26.2 Å². The largest absolute Gasteiger partial charge is 0.324 e. The third kappa shape index (κ3) is 3.96. The fourth-order valence-corrected chi connectivity index (χ4v) is 3.80. The number of rotatable bonds is 4. The van der Waals surface area contributed by atoms with Gasteiger partial charge in [-0.05, 0) is 57.7 Å². The molecule has 0 bridgehead atoms. The van der Waals surface area contributed by atoms with E-state index >= 15 is 0 Å². The zero-order chi connectivity index (χ0) is 15.6. The van der Waals surface area contributed by atoms with Crippen LogP contribution in [0.5, 0.6) is 0 Å². The Morgan fingerprint density at radius 2 is 2.09 bits per heavy atom. The number of piperidine rings is 1. The van der Waals surface area contributed by atoms with Crippen LogP contribution in [0, 0.1) is 11.8 Å². The lowest BCUT2D eigenvalue weighted by Crippen LogP contribution is -2.60. The van der Waals surface area contributed by atoms with Crippen LogP contribution in [-0.4, -0.2) is 50.1 Å². The maximum absolute atomic E-state index is 6.16. The average Bonchev–Trinajstić information content (AvgIpc) is 2.52.